The zero-order chi connectivity index (χ0) is 18.9. The Balaban J connectivity index is 1.46. The summed E-state index contributed by atoms with van der Waals surface area (Å²) in [4.78, 5) is 16.9. The molecule has 0 unspecified atom stereocenters. The molecule has 1 aliphatic heterocycles. The highest BCUT2D eigenvalue weighted by Gasteiger charge is 2.23. The molecule has 1 aromatic carbocycles. The number of methoxy groups -OCH3 is 1. The van der Waals surface area contributed by atoms with Gasteiger partial charge < -0.3 is 15.0 Å². The van der Waals surface area contributed by atoms with E-state index in [0.717, 1.165) is 32.6 Å². The number of carbonyl (C=O) groups excluding carboxylic acids is 1. The van der Waals surface area contributed by atoms with E-state index in [4.69, 9.17) is 4.74 Å². The lowest BCUT2D eigenvalue weighted by Gasteiger charge is -2.34. The van der Waals surface area contributed by atoms with Gasteiger partial charge in [-0.05, 0) is 24.1 Å². The smallest absolute Gasteiger partial charge is 0.274 e. The standard InChI is InChI=1S/C20H27N5O2/c1-27-15-5-10-21-19-9-8-18(22-23-19)20(26)25-13-11-24(12-14-25)16-17-6-3-2-4-7-17/h2-4,6-9H,5,10-16H2,1H3,(H,21,23). The van der Waals surface area contributed by atoms with Crippen molar-refractivity contribution in [3.63, 3.8) is 0 Å². The highest BCUT2D eigenvalue weighted by atomic mass is 16.5. The van der Waals surface area contributed by atoms with E-state index in [-0.39, 0.29) is 5.91 Å². The number of hydrogen-bond acceptors (Lipinski definition) is 6. The summed E-state index contributed by atoms with van der Waals surface area (Å²) in [5, 5.41) is 11.4. The molecular weight excluding hydrogens is 342 g/mol. The first-order valence-corrected chi connectivity index (χ1v) is 9.38. The molecule has 0 atom stereocenters. The Morgan fingerprint density at radius 1 is 1.07 bits per heavy atom. The van der Waals surface area contributed by atoms with Crippen molar-refractivity contribution in [2.24, 2.45) is 0 Å². The van der Waals surface area contributed by atoms with E-state index < -0.39 is 0 Å². The fraction of sp³-hybridized carbons (Fsp3) is 0.450. The van der Waals surface area contributed by atoms with Crippen LogP contribution in [0.4, 0.5) is 5.82 Å². The summed E-state index contributed by atoms with van der Waals surface area (Å²) in [6.07, 6.45) is 0.895. The summed E-state index contributed by atoms with van der Waals surface area (Å²) >= 11 is 0. The minimum Gasteiger partial charge on any atom is -0.385 e. The van der Waals surface area contributed by atoms with Gasteiger partial charge in [-0.2, -0.15) is 0 Å². The van der Waals surface area contributed by atoms with Crippen LogP contribution in [0, 0.1) is 0 Å². The monoisotopic (exact) mass is 369 g/mol. The third kappa shape index (κ3) is 5.74. The molecule has 2 aromatic rings. The molecular formula is C20H27N5O2. The van der Waals surface area contributed by atoms with Crippen LogP contribution in [0.5, 0.6) is 0 Å². The molecule has 0 radical (unpaired) electrons. The molecule has 0 aliphatic carbocycles. The summed E-state index contributed by atoms with van der Waals surface area (Å²) in [6, 6.07) is 14.0. The lowest BCUT2D eigenvalue weighted by Crippen LogP contribution is -2.48. The van der Waals surface area contributed by atoms with Crippen molar-refractivity contribution in [3.05, 3.63) is 53.7 Å². The van der Waals surface area contributed by atoms with Gasteiger partial charge in [-0.3, -0.25) is 9.69 Å². The number of nitrogens with zero attached hydrogens (tertiary/aromatic N) is 4. The zero-order valence-corrected chi connectivity index (χ0v) is 15.8. The molecule has 1 saturated heterocycles. The van der Waals surface area contributed by atoms with E-state index in [1.165, 1.54) is 5.56 Å². The fourth-order valence-electron chi connectivity index (χ4n) is 3.09. The Hall–Kier alpha value is -2.51. The second-order valence-electron chi connectivity index (χ2n) is 6.63. The highest BCUT2D eigenvalue weighted by molar-refractivity contribution is 5.92. The lowest BCUT2D eigenvalue weighted by molar-refractivity contribution is 0.0621. The molecule has 1 N–H and O–H groups in total. The van der Waals surface area contributed by atoms with Crippen molar-refractivity contribution in [2.75, 3.05) is 51.8 Å². The predicted octanol–water partition coefficient (Wildman–Crippen LogP) is 1.88. The molecule has 1 amide bonds. The number of nitrogens with one attached hydrogen (secondary N) is 1. The van der Waals surface area contributed by atoms with E-state index in [1.54, 1.807) is 19.2 Å². The van der Waals surface area contributed by atoms with Gasteiger partial charge in [-0.25, -0.2) is 0 Å². The van der Waals surface area contributed by atoms with Crippen molar-refractivity contribution in [1.29, 1.82) is 0 Å². The van der Waals surface area contributed by atoms with E-state index >= 15 is 0 Å². The molecule has 0 spiro atoms. The summed E-state index contributed by atoms with van der Waals surface area (Å²) in [7, 11) is 1.68. The van der Waals surface area contributed by atoms with Crippen molar-refractivity contribution >= 4 is 11.7 Å². The number of ether oxygens (including phenoxy) is 1. The van der Waals surface area contributed by atoms with Gasteiger partial charge >= 0.3 is 0 Å². The topological polar surface area (TPSA) is 70.6 Å². The number of benzene rings is 1. The van der Waals surface area contributed by atoms with E-state index in [2.05, 4.69) is 44.7 Å². The number of piperazine rings is 1. The quantitative estimate of drug-likeness (QED) is 0.717. The second kappa shape index (κ2) is 9.99. The highest BCUT2D eigenvalue weighted by Crippen LogP contribution is 2.11. The largest absolute Gasteiger partial charge is 0.385 e. The molecule has 2 heterocycles. The molecule has 27 heavy (non-hydrogen) atoms. The lowest BCUT2D eigenvalue weighted by atomic mass is 10.2. The molecule has 1 aromatic heterocycles. The molecule has 7 heteroatoms. The molecule has 1 fully saturated rings. The summed E-state index contributed by atoms with van der Waals surface area (Å²) in [6.45, 7) is 5.55. The third-order valence-electron chi connectivity index (χ3n) is 4.62. The van der Waals surface area contributed by atoms with Crippen LogP contribution in [-0.2, 0) is 11.3 Å². The molecule has 0 saturated carbocycles. The van der Waals surface area contributed by atoms with Crippen LogP contribution in [-0.4, -0.2) is 72.3 Å². The summed E-state index contributed by atoms with van der Waals surface area (Å²) in [5.41, 5.74) is 1.70. The number of carbonyl (C=O) groups is 1. The Bertz CT molecular complexity index is 700. The van der Waals surface area contributed by atoms with Gasteiger partial charge in [-0.15, -0.1) is 10.2 Å². The van der Waals surface area contributed by atoms with Gasteiger partial charge in [0.1, 0.15) is 5.82 Å². The Morgan fingerprint density at radius 3 is 2.52 bits per heavy atom. The first-order valence-electron chi connectivity index (χ1n) is 9.38. The predicted molar refractivity (Wildman–Crippen MR) is 105 cm³/mol. The van der Waals surface area contributed by atoms with E-state index in [0.29, 0.717) is 31.2 Å². The summed E-state index contributed by atoms with van der Waals surface area (Å²) in [5.74, 6) is 0.628. The molecule has 144 valence electrons. The fourth-order valence-corrected chi connectivity index (χ4v) is 3.09. The van der Waals surface area contributed by atoms with Crippen LogP contribution in [0.2, 0.25) is 0 Å². The number of rotatable bonds is 8. The maximum Gasteiger partial charge on any atom is 0.274 e. The average molecular weight is 369 g/mol. The zero-order valence-electron chi connectivity index (χ0n) is 15.8. The third-order valence-corrected chi connectivity index (χ3v) is 4.62. The minimum atomic E-state index is -0.0483. The Morgan fingerprint density at radius 2 is 1.85 bits per heavy atom. The first kappa shape index (κ1) is 19.3. The summed E-state index contributed by atoms with van der Waals surface area (Å²) < 4.78 is 5.01. The SMILES string of the molecule is COCCCNc1ccc(C(=O)N2CCN(Cc3ccccc3)CC2)nn1. The maximum absolute atomic E-state index is 12.6. The molecule has 7 nitrogen and oxygen atoms in total. The van der Waals surface area contributed by atoms with Gasteiger partial charge in [0.25, 0.3) is 5.91 Å². The number of anilines is 1. The van der Waals surface area contributed by atoms with E-state index in [9.17, 15) is 4.79 Å². The second-order valence-corrected chi connectivity index (χ2v) is 6.63. The van der Waals surface area contributed by atoms with Crippen LogP contribution in [0.3, 0.4) is 0 Å². The van der Waals surface area contributed by atoms with E-state index in [1.807, 2.05) is 11.0 Å². The van der Waals surface area contributed by atoms with Crippen molar-refractivity contribution in [2.45, 2.75) is 13.0 Å². The van der Waals surface area contributed by atoms with Gasteiger partial charge in [0, 0.05) is 53.0 Å². The van der Waals surface area contributed by atoms with Crippen LogP contribution < -0.4 is 5.32 Å². The van der Waals surface area contributed by atoms with Crippen LogP contribution in [0.15, 0.2) is 42.5 Å². The van der Waals surface area contributed by atoms with Crippen LogP contribution in [0.1, 0.15) is 22.5 Å². The average Bonchev–Trinajstić information content (AvgIpc) is 2.72. The number of hydrogen-bond donors (Lipinski definition) is 1. The molecule has 3 rings (SSSR count). The number of aromatic nitrogens is 2. The molecule has 1 aliphatic rings. The Labute approximate surface area is 160 Å². The first-order chi connectivity index (χ1) is 13.3. The van der Waals surface area contributed by atoms with Crippen molar-refractivity contribution < 1.29 is 9.53 Å². The van der Waals surface area contributed by atoms with Gasteiger partial charge in [0.2, 0.25) is 0 Å². The van der Waals surface area contributed by atoms with Crippen LogP contribution >= 0.6 is 0 Å². The van der Waals surface area contributed by atoms with Crippen molar-refractivity contribution in [3.8, 4) is 0 Å². The van der Waals surface area contributed by atoms with Gasteiger partial charge in [0.15, 0.2) is 5.69 Å². The maximum atomic E-state index is 12.6. The number of amides is 1. The minimum absolute atomic E-state index is 0.0483. The van der Waals surface area contributed by atoms with Crippen molar-refractivity contribution in [1.82, 2.24) is 20.0 Å². The van der Waals surface area contributed by atoms with Gasteiger partial charge in [0.05, 0.1) is 0 Å². The van der Waals surface area contributed by atoms with Crippen LogP contribution in [0.25, 0.3) is 0 Å². The normalized spacial score (nSPS) is 14.9. The van der Waals surface area contributed by atoms with Gasteiger partial charge in [-0.1, -0.05) is 30.3 Å². The molecule has 0 bridgehead atoms. The Kier molecular flexibility index (Phi) is 7.12.